The molecular formula is C18H18N2O2. The van der Waals surface area contributed by atoms with E-state index < -0.39 is 6.10 Å². The average Bonchev–Trinajstić information content (AvgIpc) is 2.51. The first kappa shape index (κ1) is 15.6. The van der Waals surface area contributed by atoms with E-state index in [-0.39, 0.29) is 5.91 Å². The van der Waals surface area contributed by atoms with Gasteiger partial charge in [0.1, 0.15) is 5.75 Å². The molecule has 2 aromatic rings. The number of nitrogens with one attached hydrogen (secondary N) is 1. The van der Waals surface area contributed by atoms with Gasteiger partial charge < -0.3 is 10.1 Å². The van der Waals surface area contributed by atoms with Crippen LogP contribution in [0.3, 0.4) is 0 Å². The molecule has 1 N–H and O–H groups in total. The summed E-state index contributed by atoms with van der Waals surface area (Å²) in [6, 6.07) is 14.5. The van der Waals surface area contributed by atoms with Gasteiger partial charge in [-0.25, -0.2) is 0 Å². The topological polar surface area (TPSA) is 62.1 Å². The Morgan fingerprint density at radius 3 is 2.41 bits per heavy atom. The molecule has 4 nitrogen and oxygen atoms in total. The van der Waals surface area contributed by atoms with Gasteiger partial charge in [-0.15, -0.1) is 0 Å². The lowest BCUT2D eigenvalue weighted by atomic mass is 10.1. The second kappa shape index (κ2) is 6.77. The minimum atomic E-state index is -0.630. The Morgan fingerprint density at radius 2 is 1.82 bits per heavy atom. The van der Waals surface area contributed by atoms with E-state index in [9.17, 15) is 4.79 Å². The molecule has 1 amide bonds. The summed E-state index contributed by atoms with van der Waals surface area (Å²) in [7, 11) is 0. The number of carbonyl (C=O) groups excluding carboxylic acids is 1. The number of anilines is 1. The van der Waals surface area contributed by atoms with Crippen molar-refractivity contribution in [3.05, 3.63) is 59.2 Å². The van der Waals surface area contributed by atoms with Crippen molar-refractivity contribution in [3.8, 4) is 11.8 Å². The molecule has 4 heteroatoms. The quantitative estimate of drug-likeness (QED) is 0.937. The molecule has 22 heavy (non-hydrogen) atoms. The lowest BCUT2D eigenvalue weighted by Gasteiger charge is -2.15. The van der Waals surface area contributed by atoms with Crippen molar-refractivity contribution in [1.82, 2.24) is 0 Å². The summed E-state index contributed by atoms with van der Waals surface area (Å²) in [4.78, 5) is 12.1. The largest absolute Gasteiger partial charge is 0.481 e. The van der Waals surface area contributed by atoms with Crippen molar-refractivity contribution in [1.29, 1.82) is 5.26 Å². The van der Waals surface area contributed by atoms with Crippen molar-refractivity contribution >= 4 is 11.6 Å². The number of hydrogen-bond acceptors (Lipinski definition) is 3. The summed E-state index contributed by atoms with van der Waals surface area (Å²) in [6.07, 6.45) is -0.630. The average molecular weight is 294 g/mol. The van der Waals surface area contributed by atoms with E-state index in [1.807, 2.05) is 38.1 Å². The zero-order chi connectivity index (χ0) is 16.1. The van der Waals surface area contributed by atoms with E-state index in [2.05, 4.69) is 5.32 Å². The van der Waals surface area contributed by atoms with Gasteiger partial charge in [0, 0.05) is 5.69 Å². The Labute approximate surface area is 130 Å². The van der Waals surface area contributed by atoms with Crippen molar-refractivity contribution in [2.24, 2.45) is 0 Å². The van der Waals surface area contributed by atoms with Gasteiger partial charge in [-0.05, 0) is 68.3 Å². The molecule has 0 aromatic heterocycles. The molecule has 2 rings (SSSR count). The second-order valence-corrected chi connectivity index (χ2v) is 5.18. The highest BCUT2D eigenvalue weighted by atomic mass is 16.5. The minimum Gasteiger partial charge on any atom is -0.481 e. The van der Waals surface area contributed by atoms with Crippen LogP contribution in [0.5, 0.6) is 5.75 Å². The number of rotatable bonds is 4. The SMILES string of the molecule is Cc1ccc(NC(=O)[C@@H](C)Oc2ccc(C#N)cc2)cc1C. The van der Waals surface area contributed by atoms with Gasteiger partial charge in [0.2, 0.25) is 0 Å². The molecule has 1 atom stereocenters. The molecule has 0 spiro atoms. The number of aryl methyl sites for hydroxylation is 2. The summed E-state index contributed by atoms with van der Waals surface area (Å²) in [5.74, 6) is 0.342. The van der Waals surface area contributed by atoms with Gasteiger partial charge in [0.15, 0.2) is 6.10 Å². The maximum Gasteiger partial charge on any atom is 0.265 e. The van der Waals surface area contributed by atoms with Crippen LogP contribution in [0, 0.1) is 25.2 Å². The first-order valence-electron chi connectivity index (χ1n) is 7.04. The number of nitrogens with zero attached hydrogens (tertiary/aromatic N) is 1. The van der Waals surface area contributed by atoms with Gasteiger partial charge in [-0.2, -0.15) is 5.26 Å². The normalized spacial score (nSPS) is 11.4. The smallest absolute Gasteiger partial charge is 0.265 e. The summed E-state index contributed by atoms with van der Waals surface area (Å²) < 4.78 is 5.58. The van der Waals surface area contributed by atoms with Crippen LogP contribution >= 0.6 is 0 Å². The Kier molecular flexibility index (Phi) is 4.80. The summed E-state index contributed by atoms with van der Waals surface area (Å²) >= 11 is 0. The summed E-state index contributed by atoms with van der Waals surface area (Å²) in [6.45, 7) is 5.72. The van der Waals surface area contributed by atoms with Gasteiger partial charge in [-0.1, -0.05) is 6.07 Å². The lowest BCUT2D eigenvalue weighted by molar-refractivity contribution is -0.122. The van der Waals surface area contributed by atoms with Crippen LogP contribution in [0.15, 0.2) is 42.5 Å². The molecule has 112 valence electrons. The zero-order valence-corrected chi connectivity index (χ0v) is 12.9. The van der Waals surface area contributed by atoms with Crippen molar-refractivity contribution in [2.45, 2.75) is 26.9 Å². The molecule has 0 saturated heterocycles. The Morgan fingerprint density at radius 1 is 1.14 bits per heavy atom. The van der Waals surface area contributed by atoms with Crippen molar-refractivity contribution < 1.29 is 9.53 Å². The van der Waals surface area contributed by atoms with E-state index in [4.69, 9.17) is 10.00 Å². The number of benzene rings is 2. The fraction of sp³-hybridized carbons (Fsp3) is 0.222. The third-order valence-electron chi connectivity index (χ3n) is 3.44. The monoisotopic (exact) mass is 294 g/mol. The van der Waals surface area contributed by atoms with Crippen LogP contribution in [0.4, 0.5) is 5.69 Å². The summed E-state index contributed by atoms with van der Waals surface area (Å²) in [5.41, 5.74) is 3.61. The standard InChI is InChI=1S/C18H18N2O2/c1-12-4-7-16(10-13(12)2)20-18(21)14(3)22-17-8-5-15(11-19)6-9-17/h4-10,14H,1-3H3,(H,20,21)/t14-/m1/s1. The Hall–Kier alpha value is -2.80. The van der Waals surface area contributed by atoms with Crippen LogP contribution in [-0.4, -0.2) is 12.0 Å². The number of nitriles is 1. The molecule has 0 saturated carbocycles. The molecule has 0 bridgehead atoms. The highest BCUT2D eigenvalue weighted by molar-refractivity contribution is 5.94. The Balaban J connectivity index is 1.99. The highest BCUT2D eigenvalue weighted by Crippen LogP contribution is 2.16. The molecule has 0 heterocycles. The van der Waals surface area contributed by atoms with Crippen LogP contribution in [0.1, 0.15) is 23.6 Å². The first-order chi connectivity index (χ1) is 10.5. The highest BCUT2D eigenvalue weighted by Gasteiger charge is 2.15. The third-order valence-corrected chi connectivity index (χ3v) is 3.44. The number of carbonyl (C=O) groups is 1. The van der Waals surface area contributed by atoms with Gasteiger partial charge in [0.05, 0.1) is 11.6 Å². The van der Waals surface area contributed by atoms with Crippen LogP contribution in [0.25, 0.3) is 0 Å². The third kappa shape index (κ3) is 3.86. The number of ether oxygens (including phenoxy) is 1. The lowest BCUT2D eigenvalue weighted by Crippen LogP contribution is -2.30. The predicted molar refractivity (Wildman–Crippen MR) is 85.8 cm³/mol. The number of amides is 1. The molecule has 0 aliphatic rings. The van der Waals surface area contributed by atoms with Gasteiger partial charge >= 0.3 is 0 Å². The fourth-order valence-corrected chi connectivity index (χ4v) is 1.93. The predicted octanol–water partition coefficient (Wildman–Crippen LogP) is 3.58. The Bertz CT molecular complexity index is 715. The van der Waals surface area contributed by atoms with E-state index in [1.165, 1.54) is 5.56 Å². The minimum absolute atomic E-state index is 0.215. The van der Waals surface area contributed by atoms with E-state index in [1.54, 1.807) is 31.2 Å². The molecule has 0 radical (unpaired) electrons. The van der Waals surface area contributed by atoms with Crippen molar-refractivity contribution in [2.75, 3.05) is 5.32 Å². The van der Waals surface area contributed by atoms with Gasteiger partial charge in [0.25, 0.3) is 5.91 Å². The molecule has 0 fully saturated rings. The zero-order valence-electron chi connectivity index (χ0n) is 12.9. The van der Waals surface area contributed by atoms with Crippen molar-refractivity contribution in [3.63, 3.8) is 0 Å². The van der Waals surface area contributed by atoms with Crippen LogP contribution in [-0.2, 0) is 4.79 Å². The molecule has 0 unspecified atom stereocenters. The molecule has 0 aliphatic carbocycles. The first-order valence-corrected chi connectivity index (χ1v) is 7.04. The fourth-order valence-electron chi connectivity index (χ4n) is 1.93. The molecule has 2 aromatic carbocycles. The van der Waals surface area contributed by atoms with E-state index in [0.717, 1.165) is 11.3 Å². The maximum absolute atomic E-state index is 12.1. The summed E-state index contributed by atoms with van der Waals surface area (Å²) in [5, 5.41) is 11.6. The van der Waals surface area contributed by atoms with Crippen LogP contribution in [0.2, 0.25) is 0 Å². The van der Waals surface area contributed by atoms with Gasteiger partial charge in [-0.3, -0.25) is 4.79 Å². The van der Waals surface area contributed by atoms with E-state index in [0.29, 0.717) is 11.3 Å². The van der Waals surface area contributed by atoms with Crippen LogP contribution < -0.4 is 10.1 Å². The molecule has 0 aliphatic heterocycles. The maximum atomic E-state index is 12.1. The van der Waals surface area contributed by atoms with E-state index >= 15 is 0 Å². The second-order valence-electron chi connectivity index (χ2n) is 5.18. The molecular weight excluding hydrogens is 276 g/mol. The number of hydrogen-bond donors (Lipinski definition) is 1.